The second kappa shape index (κ2) is 60.4. The van der Waals surface area contributed by atoms with Crippen molar-refractivity contribution < 1.29 is 28.6 Å². The van der Waals surface area contributed by atoms with Crippen LogP contribution in [-0.2, 0) is 28.6 Å². The Kier molecular flexibility index (Phi) is 56.9. The average molecular weight is 1010 g/mol. The molecule has 0 N–H and O–H groups in total. The van der Waals surface area contributed by atoms with Gasteiger partial charge in [0.25, 0.3) is 0 Å². The molecule has 0 aromatic heterocycles. The van der Waals surface area contributed by atoms with Crippen LogP contribution in [0, 0.1) is 0 Å². The van der Waals surface area contributed by atoms with Gasteiger partial charge in [-0.1, -0.05) is 245 Å². The minimum absolute atomic E-state index is 0.112. The van der Waals surface area contributed by atoms with E-state index < -0.39 is 6.10 Å². The van der Waals surface area contributed by atoms with Gasteiger partial charge in [-0.25, -0.2) is 0 Å². The number of carbonyl (C=O) groups excluding carboxylic acids is 3. The molecule has 0 fully saturated rings. The van der Waals surface area contributed by atoms with Crippen molar-refractivity contribution >= 4 is 17.9 Å². The molecule has 0 aromatic rings. The molecule has 6 nitrogen and oxygen atoms in total. The van der Waals surface area contributed by atoms with E-state index in [1.807, 2.05) is 12.2 Å². The number of unbranched alkanes of at least 4 members (excludes halogenated alkanes) is 22. The van der Waals surface area contributed by atoms with Crippen molar-refractivity contribution in [3.8, 4) is 0 Å². The van der Waals surface area contributed by atoms with Gasteiger partial charge in [-0.3, -0.25) is 14.4 Å². The molecule has 414 valence electrons. The van der Waals surface area contributed by atoms with Crippen LogP contribution in [0.1, 0.15) is 265 Å². The molecule has 73 heavy (non-hydrogen) atoms. The fourth-order valence-electron chi connectivity index (χ4n) is 7.94. The van der Waals surface area contributed by atoms with Gasteiger partial charge in [0.05, 0.1) is 0 Å². The lowest BCUT2D eigenvalue weighted by molar-refractivity contribution is -0.166. The van der Waals surface area contributed by atoms with Gasteiger partial charge >= 0.3 is 17.9 Å². The second-order valence-corrected chi connectivity index (χ2v) is 19.5. The van der Waals surface area contributed by atoms with Crippen molar-refractivity contribution in [1.29, 1.82) is 0 Å². The Morgan fingerprint density at radius 2 is 0.562 bits per heavy atom. The first-order valence-electron chi connectivity index (χ1n) is 30.0. The monoisotopic (exact) mass is 1010 g/mol. The summed E-state index contributed by atoms with van der Waals surface area (Å²) in [7, 11) is 0. The number of rotatable bonds is 53. The van der Waals surface area contributed by atoms with Crippen LogP contribution in [0.15, 0.2) is 122 Å². The molecule has 0 bridgehead atoms. The molecule has 0 rings (SSSR count). The maximum absolute atomic E-state index is 12.9. The van der Waals surface area contributed by atoms with E-state index in [-0.39, 0.29) is 37.5 Å². The fraction of sp³-hybridized carbons (Fsp3) is 0.657. The average Bonchev–Trinajstić information content (AvgIpc) is 3.39. The molecule has 6 heteroatoms. The third kappa shape index (κ3) is 58.6. The van der Waals surface area contributed by atoms with Gasteiger partial charge in [-0.05, 0) is 122 Å². The highest BCUT2D eigenvalue weighted by Crippen LogP contribution is 2.14. The summed E-state index contributed by atoms with van der Waals surface area (Å²) in [5.41, 5.74) is 0. The van der Waals surface area contributed by atoms with E-state index in [4.69, 9.17) is 14.2 Å². The second-order valence-electron chi connectivity index (χ2n) is 19.5. The highest BCUT2D eigenvalue weighted by atomic mass is 16.6. The summed E-state index contributed by atoms with van der Waals surface area (Å²) in [6.07, 6.45) is 83.5. The Balaban J connectivity index is 4.45. The molecule has 0 saturated heterocycles. The number of allylic oxidation sites excluding steroid dienone is 20. The molecular formula is C67H110O6. The standard InChI is InChI=1S/C67H110O6/c1-4-7-10-13-16-19-22-25-27-29-31-32-33-34-36-37-39-42-45-48-51-54-57-60-66(69)72-63-64(62-71-65(68)59-56-53-50-47-44-41-24-21-18-15-12-9-6-3)73-67(70)61-58-55-52-49-46-43-40-38-35-30-28-26-23-20-17-14-11-8-5-2/h9,12,17-18,20-22,25-26,28-29,31,33-35,38,41,44,50,53,64H,4-8,10-11,13-16,19,23-24,27,30,32,36-37,39-40,42-43,45-49,51-52,54-63H2,1-3H3/b12-9-,20-17-,21-18-,25-22-,28-26-,31-29-,34-33-,38-35-,44-41-,53-50-. The summed E-state index contributed by atoms with van der Waals surface area (Å²) < 4.78 is 16.8. The van der Waals surface area contributed by atoms with Crippen LogP contribution < -0.4 is 0 Å². The Labute approximate surface area is 450 Å². The number of carbonyl (C=O) groups is 3. The smallest absolute Gasteiger partial charge is 0.306 e. The molecule has 0 radical (unpaired) electrons. The summed E-state index contributed by atoms with van der Waals surface area (Å²) in [5.74, 6) is -1.02. The van der Waals surface area contributed by atoms with E-state index in [1.165, 1.54) is 109 Å². The third-order valence-corrected chi connectivity index (χ3v) is 12.4. The zero-order chi connectivity index (χ0) is 52.9. The van der Waals surface area contributed by atoms with Crippen molar-refractivity contribution in [3.05, 3.63) is 122 Å². The summed E-state index contributed by atoms with van der Waals surface area (Å²) >= 11 is 0. The quantitative estimate of drug-likeness (QED) is 0.0261. The maximum atomic E-state index is 12.9. The van der Waals surface area contributed by atoms with Crippen LogP contribution in [0.3, 0.4) is 0 Å². The number of hydrogen-bond donors (Lipinski definition) is 0. The van der Waals surface area contributed by atoms with Gasteiger partial charge < -0.3 is 14.2 Å². The largest absolute Gasteiger partial charge is 0.462 e. The van der Waals surface area contributed by atoms with Gasteiger partial charge in [0, 0.05) is 19.3 Å². The van der Waals surface area contributed by atoms with Crippen LogP contribution in [0.5, 0.6) is 0 Å². The zero-order valence-electron chi connectivity index (χ0n) is 47.4. The molecule has 1 atom stereocenters. The molecule has 0 saturated carbocycles. The zero-order valence-corrected chi connectivity index (χ0v) is 47.4. The van der Waals surface area contributed by atoms with E-state index >= 15 is 0 Å². The highest BCUT2D eigenvalue weighted by Gasteiger charge is 2.19. The summed E-state index contributed by atoms with van der Waals surface area (Å²) in [6, 6.07) is 0. The lowest BCUT2D eigenvalue weighted by Gasteiger charge is -2.18. The number of esters is 3. The lowest BCUT2D eigenvalue weighted by Crippen LogP contribution is -2.30. The van der Waals surface area contributed by atoms with Gasteiger partial charge in [0.1, 0.15) is 13.2 Å². The Bertz CT molecular complexity index is 1540. The Morgan fingerprint density at radius 1 is 0.288 bits per heavy atom. The predicted octanol–water partition coefficient (Wildman–Crippen LogP) is 20.4. The van der Waals surface area contributed by atoms with Gasteiger partial charge in [0.2, 0.25) is 0 Å². The maximum Gasteiger partial charge on any atom is 0.306 e. The molecule has 0 aliphatic carbocycles. The molecule has 1 unspecified atom stereocenters. The SMILES string of the molecule is CC/C=C\C/C=C\C/C=C\C/C=C\CCC(=O)OCC(COC(=O)CCCCCCCCCC/C=C\C/C=C\C/C=C\CCCCCCC)OC(=O)CCCCCCCC/C=C\C/C=C\C/C=C\CCCCC. The normalized spacial score (nSPS) is 13.0. The molecular weight excluding hydrogens is 901 g/mol. The summed E-state index contributed by atoms with van der Waals surface area (Å²) in [4.78, 5) is 38.2. The first kappa shape index (κ1) is 68.8. The number of ether oxygens (including phenoxy) is 3. The summed E-state index contributed by atoms with van der Waals surface area (Å²) in [5, 5.41) is 0. The fourth-order valence-corrected chi connectivity index (χ4v) is 7.94. The molecule has 0 amide bonds. The van der Waals surface area contributed by atoms with Gasteiger partial charge in [0.15, 0.2) is 6.10 Å². The van der Waals surface area contributed by atoms with Crippen LogP contribution in [0.4, 0.5) is 0 Å². The van der Waals surface area contributed by atoms with Gasteiger partial charge in [-0.15, -0.1) is 0 Å². The first-order chi connectivity index (χ1) is 36.0. The van der Waals surface area contributed by atoms with Crippen molar-refractivity contribution in [2.45, 2.75) is 271 Å². The number of hydrogen-bond acceptors (Lipinski definition) is 6. The van der Waals surface area contributed by atoms with E-state index in [0.29, 0.717) is 19.3 Å². The van der Waals surface area contributed by atoms with Crippen LogP contribution in [0.2, 0.25) is 0 Å². The van der Waals surface area contributed by atoms with Crippen molar-refractivity contribution in [2.75, 3.05) is 13.2 Å². The Hall–Kier alpha value is -4.19. The van der Waals surface area contributed by atoms with E-state index in [1.54, 1.807) is 0 Å². The molecule has 0 aromatic carbocycles. The molecule has 0 aliphatic heterocycles. The molecule has 0 heterocycles. The summed E-state index contributed by atoms with van der Waals surface area (Å²) in [6.45, 7) is 6.41. The van der Waals surface area contributed by atoms with Crippen LogP contribution in [0.25, 0.3) is 0 Å². The van der Waals surface area contributed by atoms with Crippen LogP contribution >= 0.6 is 0 Å². The van der Waals surface area contributed by atoms with Gasteiger partial charge in [-0.2, -0.15) is 0 Å². The van der Waals surface area contributed by atoms with E-state index in [9.17, 15) is 14.4 Å². The van der Waals surface area contributed by atoms with E-state index in [0.717, 1.165) is 109 Å². The topological polar surface area (TPSA) is 78.9 Å². The third-order valence-electron chi connectivity index (χ3n) is 12.4. The minimum Gasteiger partial charge on any atom is -0.462 e. The molecule has 0 aliphatic rings. The van der Waals surface area contributed by atoms with Crippen molar-refractivity contribution in [3.63, 3.8) is 0 Å². The highest BCUT2D eigenvalue weighted by molar-refractivity contribution is 5.71. The first-order valence-corrected chi connectivity index (χ1v) is 30.0. The predicted molar refractivity (Wildman–Crippen MR) is 316 cm³/mol. The minimum atomic E-state index is -0.821. The van der Waals surface area contributed by atoms with E-state index in [2.05, 4.69) is 130 Å². The van der Waals surface area contributed by atoms with Crippen LogP contribution in [-0.4, -0.2) is 37.2 Å². The molecule has 0 spiro atoms. The van der Waals surface area contributed by atoms with Crippen molar-refractivity contribution in [2.24, 2.45) is 0 Å². The van der Waals surface area contributed by atoms with Crippen molar-refractivity contribution in [1.82, 2.24) is 0 Å². The Morgan fingerprint density at radius 3 is 0.945 bits per heavy atom. The lowest BCUT2D eigenvalue weighted by atomic mass is 10.1.